The van der Waals surface area contributed by atoms with Crippen LogP contribution in [-0.4, -0.2) is 49.1 Å². The monoisotopic (exact) mass is 311 g/mol. The number of aromatic hydroxyl groups is 1. The van der Waals surface area contributed by atoms with Gasteiger partial charge in [-0.15, -0.1) is 5.10 Å². The van der Waals surface area contributed by atoms with Gasteiger partial charge in [-0.1, -0.05) is 17.8 Å². The zero-order valence-electron chi connectivity index (χ0n) is 10.8. The number of hydrogen-bond acceptors (Lipinski definition) is 7. The van der Waals surface area contributed by atoms with Gasteiger partial charge < -0.3 is 10.2 Å². The van der Waals surface area contributed by atoms with Gasteiger partial charge >= 0.3 is 11.7 Å². The lowest BCUT2D eigenvalue weighted by Crippen LogP contribution is -1.99. The zero-order valence-corrected chi connectivity index (χ0v) is 11.6. The number of para-hydroxylation sites is 1. The second kappa shape index (κ2) is 6.22. The van der Waals surface area contributed by atoms with E-state index in [9.17, 15) is 14.8 Å². The van der Waals surface area contributed by atoms with E-state index in [1.165, 1.54) is 19.2 Å². The Bertz CT molecular complexity index is 687. The van der Waals surface area contributed by atoms with Crippen molar-refractivity contribution in [3.63, 3.8) is 0 Å². The van der Waals surface area contributed by atoms with E-state index in [2.05, 4.69) is 20.0 Å². The summed E-state index contributed by atoms with van der Waals surface area (Å²) in [6.45, 7) is 0. The molecule has 0 aliphatic rings. The molecule has 1 aromatic carbocycles. The lowest BCUT2D eigenvalue weighted by atomic mass is 10.1. The van der Waals surface area contributed by atoms with Crippen molar-refractivity contribution in [3.8, 4) is 17.1 Å². The molecule has 21 heavy (non-hydrogen) atoms. The molecule has 0 amide bonds. The van der Waals surface area contributed by atoms with Gasteiger partial charge in [-0.05, 0) is 6.07 Å². The third kappa shape index (κ3) is 3.28. The molecule has 110 valence electrons. The third-order valence-electron chi connectivity index (χ3n) is 2.42. The number of carbonyl (C=O) groups is 1. The molecule has 0 spiro atoms. The van der Waals surface area contributed by atoms with Gasteiger partial charge in [0.2, 0.25) is 10.9 Å². The smallest absolute Gasteiger partial charge is 0.358 e. The highest BCUT2D eigenvalue weighted by atomic mass is 32.2. The zero-order chi connectivity index (χ0) is 15.4. The Labute approximate surface area is 122 Å². The van der Waals surface area contributed by atoms with E-state index in [0.29, 0.717) is 0 Å². The van der Waals surface area contributed by atoms with Crippen LogP contribution < -0.4 is 0 Å². The molecule has 2 aromatic rings. The van der Waals surface area contributed by atoms with Crippen molar-refractivity contribution in [3.05, 3.63) is 23.1 Å². The van der Waals surface area contributed by atoms with Crippen molar-refractivity contribution < 1.29 is 24.8 Å². The molecule has 10 heteroatoms. The average Bonchev–Trinajstić information content (AvgIpc) is 2.93. The maximum atomic E-state index is 11.4. The van der Waals surface area contributed by atoms with Crippen LogP contribution in [0, 0.1) is 4.91 Å². The van der Waals surface area contributed by atoms with Crippen LogP contribution in [0.25, 0.3) is 11.4 Å². The topological polar surface area (TPSA) is 128 Å². The number of H-pyrrole nitrogens is 1. The van der Waals surface area contributed by atoms with E-state index in [0.717, 1.165) is 11.8 Å². The molecular formula is C11H11N4O5S+. The van der Waals surface area contributed by atoms with Crippen molar-refractivity contribution in [2.75, 3.05) is 12.9 Å². The van der Waals surface area contributed by atoms with Crippen molar-refractivity contribution in [2.24, 2.45) is 0 Å². The first-order chi connectivity index (χ1) is 10.0. The van der Waals surface area contributed by atoms with E-state index in [4.69, 9.17) is 5.11 Å². The van der Waals surface area contributed by atoms with Crippen LogP contribution in [0.3, 0.4) is 0 Å². The Morgan fingerprint density at radius 3 is 2.95 bits per heavy atom. The fraction of sp³-hybridized carbons (Fsp3) is 0.182. The van der Waals surface area contributed by atoms with Crippen LogP contribution in [-0.2, 0) is 9.63 Å². The number of aromatic amines is 1. The van der Waals surface area contributed by atoms with Gasteiger partial charge in [0.25, 0.3) is 4.92 Å². The van der Waals surface area contributed by atoms with E-state index in [1.807, 2.05) is 0 Å². The Morgan fingerprint density at radius 1 is 1.52 bits per heavy atom. The number of aliphatic carboxylic acids is 1. The second-order valence-electron chi connectivity index (χ2n) is 3.76. The summed E-state index contributed by atoms with van der Waals surface area (Å²) in [6, 6.07) is 4.46. The quantitative estimate of drug-likeness (QED) is 0.538. The molecule has 3 N–H and O–H groups in total. The number of thioether (sulfide) groups is 1. The van der Waals surface area contributed by atoms with Crippen molar-refractivity contribution in [1.29, 1.82) is 0 Å². The van der Waals surface area contributed by atoms with Crippen LogP contribution >= 0.6 is 11.8 Å². The molecule has 0 saturated heterocycles. The predicted molar refractivity (Wildman–Crippen MR) is 72.1 cm³/mol. The normalized spacial score (nSPS) is 10.3. The maximum absolute atomic E-state index is 11.4. The van der Waals surface area contributed by atoms with Crippen LogP contribution in [0.15, 0.2) is 23.4 Å². The summed E-state index contributed by atoms with van der Waals surface area (Å²) in [5, 5.41) is 25.3. The molecule has 0 unspecified atom stereocenters. The first kappa shape index (κ1) is 14.8. The van der Waals surface area contributed by atoms with E-state index >= 15 is 0 Å². The molecule has 9 nitrogen and oxygen atoms in total. The average molecular weight is 311 g/mol. The standard InChI is InChI=1S/C11H10N4O5S/c1-20-15(19)7-4-2-3-6(9(7)18)10-12-11(14-13-10)21-5-8(16)17/h2-4H,5H2,1H3,(H2-,12,13,14,16,17,18,19)/p+1. The van der Waals surface area contributed by atoms with Gasteiger partial charge in [-0.25, -0.2) is 9.82 Å². The number of phenols is 1. The van der Waals surface area contributed by atoms with Gasteiger partial charge in [0, 0.05) is 6.07 Å². The molecular weight excluding hydrogens is 300 g/mol. The van der Waals surface area contributed by atoms with Gasteiger partial charge in [-0.3, -0.25) is 9.89 Å². The first-order valence-electron chi connectivity index (χ1n) is 5.63. The lowest BCUT2D eigenvalue weighted by Gasteiger charge is -1.99. The number of nitrogens with one attached hydrogen (secondary N) is 1. The second-order valence-corrected chi connectivity index (χ2v) is 4.70. The molecule has 2 rings (SSSR count). The van der Waals surface area contributed by atoms with Crippen molar-refractivity contribution in [1.82, 2.24) is 15.2 Å². The number of hydrogen-bond donors (Lipinski definition) is 3. The van der Waals surface area contributed by atoms with Gasteiger partial charge in [0.05, 0.1) is 16.2 Å². The fourth-order valence-corrected chi connectivity index (χ4v) is 2.04. The van der Waals surface area contributed by atoms with E-state index < -0.39 is 5.97 Å². The third-order valence-corrected chi connectivity index (χ3v) is 3.25. The Hall–Kier alpha value is -2.62. The summed E-state index contributed by atoms with van der Waals surface area (Å²) in [5.74, 6) is -1.27. The molecule has 0 radical (unpaired) electrons. The highest BCUT2D eigenvalue weighted by Crippen LogP contribution is 2.35. The summed E-state index contributed by atoms with van der Waals surface area (Å²) >= 11 is 0.933. The summed E-state index contributed by atoms with van der Waals surface area (Å²) in [5.41, 5.74) is 0.172. The van der Waals surface area contributed by atoms with Gasteiger partial charge in [0.15, 0.2) is 12.9 Å². The first-order valence-corrected chi connectivity index (χ1v) is 6.62. The van der Waals surface area contributed by atoms with Gasteiger partial charge in [-0.2, -0.15) is 0 Å². The minimum absolute atomic E-state index is 0.0776. The molecule has 0 atom stereocenters. The molecule has 0 saturated carbocycles. The number of rotatable bonds is 6. The summed E-state index contributed by atoms with van der Waals surface area (Å²) < 4.78 is 0. The summed E-state index contributed by atoms with van der Waals surface area (Å²) in [4.78, 5) is 30.6. The molecule has 1 aromatic heterocycles. The Balaban J connectivity index is 2.30. The lowest BCUT2D eigenvalue weighted by molar-refractivity contribution is -0.736. The number of nitrogens with zero attached hydrogens (tertiary/aromatic N) is 3. The highest BCUT2D eigenvalue weighted by Gasteiger charge is 2.24. The SMILES string of the molecule is CO[N+](=O)c1cccc(-c2nc(SCC(=O)O)n[nH]2)c1O. The van der Waals surface area contributed by atoms with Crippen LogP contribution in [0.4, 0.5) is 5.69 Å². The van der Waals surface area contributed by atoms with Gasteiger partial charge in [0.1, 0.15) is 0 Å². The molecule has 1 heterocycles. The van der Waals surface area contributed by atoms with Crippen molar-refractivity contribution >= 4 is 23.4 Å². The minimum Gasteiger partial charge on any atom is -0.501 e. The number of benzene rings is 1. The fourth-order valence-electron chi connectivity index (χ4n) is 1.53. The number of aromatic nitrogens is 3. The van der Waals surface area contributed by atoms with Crippen LogP contribution in [0.2, 0.25) is 0 Å². The Kier molecular flexibility index (Phi) is 4.38. The van der Waals surface area contributed by atoms with Crippen molar-refractivity contribution in [2.45, 2.75) is 5.16 Å². The van der Waals surface area contributed by atoms with Crippen LogP contribution in [0.1, 0.15) is 0 Å². The maximum Gasteiger partial charge on any atom is 0.358 e. The highest BCUT2D eigenvalue weighted by molar-refractivity contribution is 7.99. The summed E-state index contributed by atoms with van der Waals surface area (Å²) in [6.07, 6.45) is 0. The minimum atomic E-state index is -0.988. The summed E-state index contributed by atoms with van der Waals surface area (Å²) in [7, 11) is 1.17. The molecule has 0 fully saturated rings. The van der Waals surface area contributed by atoms with E-state index in [1.54, 1.807) is 6.07 Å². The predicted octanol–water partition coefficient (Wildman–Crippen LogP) is 1.33. The molecule has 0 aliphatic heterocycles. The van der Waals surface area contributed by atoms with Crippen LogP contribution in [0.5, 0.6) is 5.75 Å². The number of carboxylic acids is 1. The number of phenolic OH excluding ortho intramolecular Hbond substituents is 1. The largest absolute Gasteiger partial charge is 0.501 e. The molecule has 0 bridgehead atoms. The molecule has 0 aliphatic carbocycles. The Morgan fingerprint density at radius 2 is 2.29 bits per heavy atom. The van der Waals surface area contributed by atoms with E-state index in [-0.39, 0.29) is 38.7 Å². The number of carboxylic acid groups (broad SMARTS) is 1.